The first kappa shape index (κ1) is 13.1. The zero-order chi connectivity index (χ0) is 13.0. The fourth-order valence-corrected chi connectivity index (χ4v) is 2.72. The second kappa shape index (κ2) is 6.03. The summed E-state index contributed by atoms with van der Waals surface area (Å²) in [5, 5.41) is 3.33. The van der Waals surface area contributed by atoms with Crippen LogP contribution >= 0.6 is 0 Å². The molecule has 0 radical (unpaired) electrons. The highest BCUT2D eigenvalue weighted by atomic mass is 15.3. The summed E-state index contributed by atoms with van der Waals surface area (Å²) in [5.41, 5.74) is 0. The Hall–Kier alpha value is -1.32. The van der Waals surface area contributed by atoms with E-state index < -0.39 is 0 Å². The average molecular weight is 248 g/mol. The highest BCUT2D eigenvalue weighted by Gasteiger charge is 2.30. The van der Waals surface area contributed by atoms with Crippen molar-refractivity contribution < 1.29 is 0 Å². The van der Waals surface area contributed by atoms with Crippen LogP contribution in [0.4, 0.5) is 11.6 Å². The van der Waals surface area contributed by atoms with Crippen LogP contribution in [0.3, 0.4) is 0 Å². The summed E-state index contributed by atoms with van der Waals surface area (Å²) < 4.78 is 0. The van der Waals surface area contributed by atoms with Crippen molar-refractivity contribution >= 4 is 11.6 Å². The summed E-state index contributed by atoms with van der Waals surface area (Å²) in [5.74, 6) is 2.01. The van der Waals surface area contributed by atoms with Gasteiger partial charge in [0, 0.05) is 24.7 Å². The standard InChI is InChI=1S/C14H24N4/c1-4-8-15-13-9-14(17-10-16-13)18-11(3)6-7-12(18)5-2/h9-12H,4-8H2,1-3H3,(H,15,16,17). The van der Waals surface area contributed by atoms with Crippen LogP contribution in [0.15, 0.2) is 12.4 Å². The van der Waals surface area contributed by atoms with Crippen LogP contribution in [0.1, 0.15) is 46.5 Å². The molecule has 18 heavy (non-hydrogen) atoms. The minimum Gasteiger partial charge on any atom is -0.370 e. The third kappa shape index (κ3) is 2.74. The molecule has 1 saturated heterocycles. The molecule has 0 bridgehead atoms. The van der Waals surface area contributed by atoms with Gasteiger partial charge in [0.1, 0.15) is 18.0 Å². The second-order valence-electron chi connectivity index (χ2n) is 5.08. The molecule has 2 unspecified atom stereocenters. The number of aromatic nitrogens is 2. The largest absolute Gasteiger partial charge is 0.370 e. The molecule has 2 atom stereocenters. The molecule has 1 aromatic heterocycles. The lowest BCUT2D eigenvalue weighted by atomic mass is 10.1. The highest BCUT2D eigenvalue weighted by Crippen LogP contribution is 2.31. The Bertz CT molecular complexity index is 380. The lowest BCUT2D eigenvalue weighted by molar-refractivity contribution is 0.620. The first-order valence-electron chi connectivity index (χ1n) is 7.10. The van der Waals surface area contributed by atoms with Crippen LogP contribution in [0.5, 0.6) is 0 Å². The van der Waals surface area contributed by atoms with Crippen LogP contribution in [-0.2, 0) is 0 Å². The van der Waals surface area contributed by atoms with E-state index in [-0.39, 0.29) is 0 Å². The van der Waals surface area contributed by atoms with Crippen LogP contribution in [0, 0.1) is 0 Å². The van der Waals surface area contributed by atoms with Gasteiger partial charge in [-0.1, -0.05) is 13.8 Å². The molecular weight excluding hydrogens is 224 g/mol. The van der Waals surface area contributed by atoms with E-state index in [4.69, 9.17) is 0 Å². The van der Waals surface area contributed by atoms with E-state index >= 15 is 0 Å². The number of rotatable bonds is 5. The SMILES string of the molecule is CCCNc1cc(N2C(C)CCC2CC)ncn1. The molecule has 0 aliphatic carbocycles. The molecule has 1 fully saturated rings. The third-order valence-electron chi connectivity index (χ3n) is 3.73. The van der Waals surface area contributed by atoms with Gasteiger partial charge >= 0.3 is 0 Å². The molecule has 1 aliphatic rings. The Balaban J connectivity index is 2.16. The van der Waals surface area contributed by atoms with E-state index in [0.29, 0.717) is 12.1 Å². The quantitative estimate of drug-likeness (QED) is 0.869. The number of nitrogens with one attached hydrogen (secondary N) is 1. The summed E-state index contributed by atoms with van der Waals surface area (Å²) in [6.45, 7) is 7.66. The van der Waals surface area contributed by atoms with Gasteiger partial charge < -0.3 is 10.2 Å². The summed E-state index contributed by atoms with van der Waals surface area (Å²) in [4.78, 5) is 11.2. The lowest BCUT2D eigenvalue weighted by Crippen LogP contribution is -2.34. The molecule has 1 aliphatic heterocycles. The minimum absolute atomic E-state index is 0.587. The topological polar surface area (TPSA) is 41.0 Å². The maximum atomic E-state index is 4.45. The van der Waals surface area contributed by atoms with Crippen molar-refractivity contribution in [2.75, 3.05) is 16.8 Å². The van der Waals surface area contributed by atoms with Crippen molar-refractivity contribution in [1.29, 1.82) is 0 Å². The molecular formula is C14H24N4. The zero-order valence-corrected chi connectivity index (χ0v) is 11.7. The monoisotopic (exact) mass is 248 g/mol. The van der Waals surface area contributed by atoms with Crippen LogP contribution in [-0.4, -0.2) is 28.6 Å². The maximum Gasteiger partial charge on any atom is 0.134 e. The van der Waals surface area contributed by atoms with E-state index in [2.05, 4.69) is 47.0 Å². The van der Waals surface area contributed by atoms with Crippen molar-refractivity contribution in [2.45, 2.75) is 58.5 Å². The van der Waals surface area contributed by atoms with Gasteiger partial charge in [0.2, 0.25) is 0 Å². The van der Waals surface area contributed by atoms with Gasteiger partial charge in [0.25, 0.3) is 0 Å². The predicted molar refractivity (Wildman–Crippen MR) is 76.1 cm³/mol. The smallest absolute Gasteiger partial charge is 0.134 e. The summed E-state index contributed by atoms with van der Waals surface area (Å²) in [7, 11) is 0. The fraction of sp³-hybridized carbons (Fsp3) is 0.714. The number of nitrogens with zero attached hydrogens (tertiary/aromatic N) is 3. The molecule has 100 valence electrons. The molecule has 1 aromatic rings. The molecule has 0 spiro atoms. The Kier molecular flexibility index (Phi) is 4.39. The molecule has 0 amide bonds. The van der Waals surface area contributed by atoms with Gasteiger partial charge in [-0.15, -0.1) is 0 Å². The van der Waals surface area contributed by atoms with Gasteiger partial charge in [0.05, 0.1) is 0 Å². The molecule has 0 aromatic carbocycles. The third-order valence-corrected chi connectivity index (χ3v) is 3.73. The molecule has 4 heteroatoms. The Labute approximate surface area is 110 Å². The van der Waals surface area contributed by atoms with Crippen LogP contribution < -0.4 is 10.2 Å². The minimum atomic E-state index is 0.587. The predicted octanol–water partition coefficient (Wildman–Crippen LogP) is 3.07. The normalized spacial score (nSPS) is 23.4. The lowest BCUT2D eigenvalue weighted by Gasteiger charge is -2.29. The van der Waals surface area contributed by atoms with E-state index in [1.165, 1.54) is 19.3 Å². The van der Waals surface area contributed by atoms with E-state index in [9.17, 15) is 0 Å². The van der Waals surface area contributed by atoms with Crippen molar-refractivity contribution in [3.63, 3.8) is 0 Å². The first-order chi connectivity index (χ1) is 8.76. The molecule has 2 heterocycles. The molecule has 2 rings (SSSR count). The van der Waals surface area contributed by atoms with E-state index in [0.717, 1.165) is 24.6 Å². The first-order valence-corrected chi connectivity index (χ1v) is 7.10. The van der Waals surface area contributed by atoms with Crippen molar-refractivity contribution in [2.24, 2.45) is 0 Å². The van der Waals surface area contributed by atoms with Gasteiger partial charge in [-0.2, -0.15) is 0 Å². The second-order valence-corrected chi connectivity index (χ2v) is 5.08. The summed E-state index contributed by atoms with van der Waals surface area (Å²) in [6, 6.07) is 3.30. The molecule has 4 nitrogen and oxygen atoms in total. The Morgan fingerprint density at radius 3 is 2.89 bits per heavy atom. The van der Waals surface area contributed by atoms with Crippen molar-refractivity contribution in [1.82, 2.24) is 9.97 Å². The van der Waals surface area contributed by atoms with Gasteiger partial charge in [-0.05, 0) is 32.6 Å². The highest BCUT2D eigenvalue weighted by molar-refractivity contribution is 5.50. The van der Waals surface area contributed by atoms with Crippen molar-refractivity contribution in [3.8, 4) is 0 Å². The van der Waals surface area contributed by atoms with Gasteiger partial charge in [-0.3, -0.25) is 0 Å². The summed E-state index contributed by atoms with van der Waals surface area (Å²) in [6.07, 6.45) is 6.51. The van der Waals surface area contributed by atoms with Gasteiger partial charge in [-0.25, -0.2) is 9.97 Å². The Morgan fingerprint density at radius 1 is 1.33 bits per heavy atom. The fourth-order valence-electron chi connectivity index (χ4n) is 2.72. The van der Waals surface area contributed by atoms with Crippen LogP contribution in [0.2, 0.25) is 0 Å². The van der Waals surface area contributed by atoms with E-state index in [1.807, 2.05) is 0 Å². The number of anilines is 2. The van der Waals surface area contributed by atoms with E-state index in [1.54, 1.807) is 6.33 Å². The molecule has 0 saturated carbocycles. The van der Waals surface area contributed by atoms with Crippen molar-refractivity contribution in [3.05, 3.63) is 12.4 Å². The zero-order valence-electron chi connectivity index (χ0n) is 11.7. The number of hydrogen-bond acceptors (Lipinski definition) is 4. The maximum absolute atomic E-state index is 4.45. The van der Waals surface area contributed by atoms with Crippen LogP contribution in [0.25, 0.3) is 0 Å². The Morgan fingerprint density at radius 2 is 2.17 bits per heavy atom. The molecule has 1 N–H and O–H groups in total. The number of hydrogen-bond donors (Lipinski definition) is 1. The van der Waals surface area contributed by atoms with Gasteiger partial charge in [0.15, 0.2) is 0 Å². The average Bonchev–Trinajstić information content (AvgIpc) is 2.78. The summed E-state index contributed by atoms with van der Waals surface area (Å²) >= 11 is 0.